The maximum atomic E-state index is 11.0. The molecule has 1 atom stereocenters. The second-order valence-electron chi connectivity index (χ2n) is 4.00. The Morgan fingerprint density at radius 2 is 1.84 bits per heavy atom. The lowest BCUT2D eigenvalue weighted by Gasteiger charge is -2.17. The average Bonchev–Trinajstić information content (AvgIpc) is 2.42. The van der Waals surface area contributed by atoms with Crippen LogP contribution in [-0.4, -0.2) is 33.3 Å². The maximum absolute atomic E-state index is 11.0. The lowest BCUT2D eigenvalue weighted by Crippen LogP contribution is -2.38. The van der Waals surface area contributed by atoms with Gasteiger partial charge in [-0.15, -0.1) is 0 Å². The quantitative estimate of drug-likeness (QED) is 0.759. The number of hydrogen-bond acceptors (Lipinski definition) is 5. The summed E-state index contributed by atoms with van der Waals surface area (Å²) in [6.07, 6.45) is 0. The third-order valence-corrected chi connectivity index (χ3v) is 2.81. The molecule has 1 unspecified atom stereocenters. The van der Waals surface area contributed by atoms with Crippen LogP contribution in [0.5, 0.6) is 17.2 Å². The fourth-order valence-corrected chi connectivity index (χ4v) is 1.67. The van der Waals surface area contributed by atoms with Crippen LogP contribution in [0.2, 0.25) is 0 Å². The first-order chi connectivity index (χ1) is 9.04. The third-order valence-electron chi connectivity index (χ3n) is 2.81. The van der Waals surface area contributed by atoms with Gasteiger partial charge in [-0.05, 0) is 13.0 Å². The number of carbonyl (C=O) groups is 1. The van der Waals surface area contributed by atoms with E-state index >= 15 is 0 Å². The highest BCUT2D eigenvalue weighted by Crippen LogP contribution is 2.39. The highest BCUT2D eigenvalue weighted by atomic mass is 16.5. The van der Waals surface area contributed by atoms with Gasteiger partial charge in [0, 0.05) is 12.1 Å². The van der Waals surface area contributed by atoms with Crippen molar-refractivity contribution in [3.8, 4) is 17.2 Å². The Morgan fingerprint density at radius 3 is 2.32 bits per heavy atom. The van der Waals surface area contributed by atoms with Crippen molar-refractivity contribution in [2.24, 2.45) is 5.73 Å². The summed E-state index contributed by atoms with van der Waals surface area (Å²) in [4.78, 5) is 11.0. The van der Waals surface area contributed by atoms with Crippen LogP contribution < -0.4 is 25.3 Å². The highest BCUT2D eigenvalue weighted by molar-refractivity contribution is 5.79. The van der Waals surface area contributed by atoms with E-state index in [4.69, 9.17) is 19.9 Å². The molecule has 19 heavy (non-hydrogen) atoms. The smallest absolute Gasteiger partial charge is 0.234 e. The van der Waals surface area contributed by atoms with Crippen molar-refractivity contribution in [2.75, 3.05) is 21.3 Å². The van der Waals surface area contributed by atoms with Gasteiger partial charge in [0.1, 0.15) is 0 Å². The SMILES string of the molecule is COc1ccc(CNC(C)C(N)=O)c(OC)c1OC. The zero-order chi connectivity index (χ0) is 14.4. The molecule has 0 heterocycles. The van der Waals surface area contributed by atoms with E-state index in [0.29, 0.717) is 23.8 Å². The van der Waals surface area contributed by atoms with E-state index in [1.165, 1.54) is 0 Å². The molecule has 0 aromatic heterocycles. The number of benzene rings is 1. The Morgan fingerprint density at radius 1 is 1.21 bits per heavy atom. The minimum atomic E-state index is -0.419. The fraction of sp³-hybridized carbons (Fsp3) is 0.462. The van der Waals surface area contributed by atoms with Crippen LogP contribution in [-0.2, 0) is 11.3 Å². The molecule has 0 aliphatic heterocycles. The molecule has 1 aromatic carbocycles. The number of ether oxygens (including phenoxy) is 3. The summed E-state index contributed by atoms with van der Waals surface area (Å²) >= 11 is 0. The summed E-state index contributed by atoms with van der Waals surface area (Å²) in [7, 11) is 4.66. The number of carbonyl (C=O) groups excluding carboxylic acids is 1. The van der Waals surface area contributed by atoms with Crippen molar-refractivity contribution < 1.29 is 19.0 Å². The van der Waals surface area contributed by atoms with Gasteiger partial charge in [-0.2, -0.15) is 0 Å². The van der Waals surface area contributed by atoms with Crippen LogP contribution in [0.3, 0.4) is 0 Å². The van der Waals surface area contributed by atoms with Gasteiger partial charge < -0.3 is 25.3 Å². The van der Waals surface area contributed by atoms with E-state index in [2.05, 4.69) is 5.32 Å². The van der Waals surface area contributed by atoms with Gasteiger partial charge in [-0.3, -0.25) is 4.79 Å². The molecule has 0 fully saturated rings. The Hall–Kier alpha value is -1.95. The largest absolute Gasteiger partial charge is 0.493 e. The molecule has 6 heteroatoms. The van der Waals surface area contributed by atoms with Gasteiger partial charge in [0.2, 0.25) is 11.7 Å². The Bertz CT molecular complexity index is 449. The van der Waals surface area contributed by atoms with Gasteiger partial charge in [-0.25, -0.2) is 0 Å². The molecule has 106 valence electrons. The number of methoxy groups -OCH3 is 3. The molecule has 0 saturated heterocycles. The van der Waals surface area contributed by atoms with E-state index < -0.39 is 11.9 Å². The summed E-state index contributed by atoms with van der Waals surface area (Å²) in [6, 6.07) is 3.21. The molecule has 0 bridgehead atoms. The van der Waals surface area contributed by atoms with E-state index in [9.17, 15) is 4.79 Å². The van der Waals surface area contributed by atoms with Crippen molar-refractivity contribution in [1.29, 1.82) is 0 Å². The molecule has 0 radical (unpaired) electrons. The molecule has 0 aliphatic carbocycles. The van der Waals surface area contributed by atoms with Gasteiger partial charge in [0.05, 0.1) is 27.4 Å². The van der Waals surface area contributed by atoms with Gasteiger partial charge in [0.15, 0.2) is 11.5 Å². The van der Waals surface area contributed by atoms with E-state index in [1.54, 1.807) is 34.3 Å². The Balaban J connectivity index is 2.98. The molecular formula is C13H20N2O4. The van der Waals surface area contributed by atoms with Crippen LogP contribution in [0.1, 0.15) is 12.5 Å². The minimum Gasteiger partial charge on any atom is -0.493 e. The maximum Gasteiger partial charge on any atom is 0.234 e. The van der Waals surface area contributed by atoms with Gasteiger partial charge in [-0.1, -0.05) is 6.07 Å². The van der Waals surface area contributed by atoms with Crippen molar-refractivity contribution in [3.05, 3.63) is 17.7 Å². The standard InChI is InChI=1S/C13H20N2O4/c1-8(13(14)16)15-7-9-5-6-10(17-2)12(19-4)11(9)18-3/h5-6,8,15H,7H2,1-4H3,(H2,14,16). The number of amides is 1. The first-order valence-electron chi connectivity index (χ1n) is 5.85. The third kappa shape index (κ3) is 3.51. The summed E-state index contributed by atoms with van der Waals surface area (Å²) in [5.41, 5.74) is 6.05. The molecule has 0 spiro atoms. The number of nitrogens with one attached hydrogen (secondary N) is 1. The topological polar surface area (TPSA) is 82.8 Å². The lowest BCUT2D eigenvalue weighted by molar-refractivity contribution is -0.119. The van der Waals surface area contributed by atoms with Crippen LogP contribution in [0, 0.1) is 0 Å². The van der Waals surface area contributed by atoms with E-state index in [1.807, 2.05) is 6.07 Å². The second-order valence-corrected chi connectivity index (χ2v) is 4.00. The molecule has 6 nitrogen and oxygen atoms in total. The van der Waals surface area contributed by atoms with Crippen molar-refractivity contribution in [1.82, 2.24) is 5.32 Å². The van der Waals surface area contributed by atoms with Gasteiger partial charge >= 0.3 is 0 Å². The molecule has 1 rings (SSSR count). The predicted octanol–water partition coefficient (Wildman–Crippen LogP) is 0.676. The zero-order valence-electron chi connectivity index (χ0n) is 11.6. The molecule has 0 aliphatic rings. The number of nitrogens with two attached hydrogens (primary N) is 1. The first kappa shape index (κ1) is 15.1. The van der Waals surface area contributed by atoms with Crippen LogP contribution >= 0.6 is 0 Å². The highest BCUT2D eigenvalue weighted by Gasteiger charge is 2.16. The number of rotatable bonds is 7. The molecule has 0 saturated carbocycles. The number of primary amides is 1. The zero-order valence-corrected chi connectivity index (χ0v) is 11.6. The monoisotopic (exact) mass is 268 g/mol. The van der Waals surface area contributed by atoms with Crippen molar-refractivity contribution >= 4 is 5.91 Å². The average molecular weight is 268 g/mol. The molecule has 1 aromatic rings. The minimum absolute atomic E-state index is 0.403. The summed E-state index contributed by atoms with van der Waals surface area (Å²) in [6.45, 7) is 2.14. The Kier molecular flexibility index (Phi) is 5.44. The molecule has 3 N–H and O–H groups in total. The second kappa shape index (κ2) is 6.84. The van der Waals surface area contributed by atoms with E-state index in [-0.39, 0.29) is 0 Å². The summed E-state index contributed by atoms with van der Waals surface area (Å²) < 4.78 is 15.8. The van der Waals surface area contributed by atoms with E-state index in [0.717, 1.165) is 5.56 Å². The predicted molar refractivity (Wildman–Crippen MR) is 71.6 cm³/mol. The summed E-state index contributed by atoms with van der Waals surface area (Å²) in [5.74, 6) is 1.28. The van der Waals surface area contributed by atoms with Crippen molar-refractivity contribution in [2.45, 2.75) is 19.5 Å². The number of hydrogen-bond donors (Lipinski definition) is 2. The van der Waals surface area contributed by atoms with Gasteiger partial charge in [0.25, 0.3) is 0 Å². The fourth-order valence-electron chi connectivity index (χ4n) is 1.67. The normalized spacial score (nSPS) is 11.8. The summed E-state index contributed by atoms with van der Waals surface area (Å²) in [5, 5.41) is 3.01. The van der Waals surface area contributed by atoms with Crippen LogP contribution in [0.4, 0.5) is 0 Å². The van der Waals surface area contributed by atoms with Crippen molar-refractivity contribution in [3.63, 3.8) is 0 Å². The van der Waals surface area contributed by atoms with Crippen LogP contribution in [0.15, 0.2) is 12.1 Å². The Labute approximate surface area is 112 Å². The lowest BCUT2D eigenvalue weighted by atomic mass is 10.1. The molecule has 1 amide bonds. The molecular weight excluding hydrogens is 248 g/mol. The first-order valence-corrected chi connectivity index (χ1v) is 5.85. The van der Waals surface area contributed by atoms with Crippen LogP contribution in [0.25, 0.3) is 0 Å².